The molecule has 0 aliphatic carbocycles. The number of ether oxygens (including phenoxy) is 1. The quantitative estimate of drug-likeness (QED) is 0.138. The highest BCUT2D eigenvalue weighted by atomic mass is 127. The molecule has 2 aromatic carbocycles. The molecule has 44 heavy (non-hydrogen) atoms. The van der Waals surface area contributed by atoms with Gasteiger partial charge in [0.15, 0.2) is 0 Å². The Morgan fingerprint density at radius 2 is 1.64 bits per heavy atom. The van der Waals surface area contributed by atoms with Gasteiger partial charge in [-0.3, -0.25) is 9.78 Å². The van der Waals surface area contributed by atoms with E-state index in [9.17, 15) is 14.0 Å². The molecule has 0 aliphatic heterocycles. The third kappa shape index (κ3) is 8.40. The van der Waals surface area contributed by atoms with Gasteiger partial charge in [0.2, 0.25) is 5.91 Å². The molecular formula is C34H33FIN5O3. The molecule has 0 fully saturated rings. The third-order valence-electron chi connectivity index (χ3n) is 6.81. The summed E-state index contributed by atoms with van der Waals surface area (Å²) >= 11 is 2.24. The number of amides is 2. The maximum absolute atomic E-state index is 13.5. The maximum Gasteiger partial charge on any atom is 0.407 e. The molecule has 226 valence electrons. The van der Waals surface area contributed by atoms with E-state index in [1.807, 2.05) is 42.5 Å². The van der Waals surface area contributed by atoms with Gasteiger partial charge in [0.1, 0.15) is 22.9 Å². The molecule has 1 atom stereocenters. The molecule has 0 saturated carbocycles. The standard InChI is InChI=1S/C34H33FIN5O3/c1-34(2,3)44-33(43)38-26(18-21-6-10-25(36)11-7-21)20-30(42)40-29-13-12-27-31(23-14-16-37-17-15-23)28(39-32(27)41-29)19-22-4-8-24(35)9-5-22/h4-17,26H,18-20H2,1-3H3,(H,38,43)(H2,39,40,41,42)/t26-/m0/s1. The summed E-state index contributed by atoms with van der Waals surface area (Å²) < 4.78 is 20.1. The van der Waals surface area contributed by atoms with Crippen molar-refractivity contribution in [3.05, 3.63) is 111 Å². The fourth-order valence-corrected chi connectivity index (χ4v) is 5.31. The average molecular weight is 706 g/mol. The molecule has 3 heterocycles. The minimum absolute atomic E-state index is 0.0216. The highest BCUT2D eigenvalue weighted by Crippen LogP contribution is 2.33. The number of halogens is 2. The monoisotopic (exact) mass is 705 g/mol. The Morgan fingerprint density at radius 3 is 2.32 bits per heavy atom. The van der Waals surface area contributed by atoms with E-state index in [2.05, 4.69) is 43.2 Å². The number of aromatic nitrogens is 3. The lowest BCUT2D eigenvalue weighted by atomic mass is 10.00. The summed E-state index contributed by atoms with van der Waals surface area (Å²) in [5.41, 5.74) is 4.72. The van der Waals surface area contributed by atoms with Gasteiger partial charge in [-0.15, -0.1) is 0 Å². The third-order valence-corrected chi connectivity index (χ3v) is 7.53. The van der Waals surface area contributed by atoms with Crippen LogP contribution >= 0.6 is 22.6 Å². The first kappa shape index (κ1) is 31.1. The van der Waals surface area contributed by atoms with Gasteiger partial charge in [-0.05, 0) is 115 Å². The number of nitrogens with zero attached hydrogens (tertiary/aromatic N) is 2. The summed E-state index contributed by atoms with van der Waals surface area (Å²) in [7, 11) is 0. The van der Waals surface area contributed by atoms with Gasteiger partial charge in [0.05, 0.1) is 0 Å². The van der Waals surface area contributed by atoms with Crippen LogP contribution in [0, 0.1) is 9.39 Å². The van der Waals surface area contributed by atoms with Gasteiger partial charge in [-0.2, -0.15) is 0 Å². The second-order valence-electron chi connectivity index (χ2n) is 11.5. The maximum atomic E-state index is 13.5. The van der Waals surface area contributed by atoms with Gasteiger partial charge in [0, 0.05) is 51.5 Å². The SMILES string of the molecule is CC(C)(C)OC(=O)N[C@H](CC(=O)Nc1ccc2c(-c3ccncc3)c(Cc3ccc(F)cc3)[nH]c2n1)Cc1ccc(I)cc1. The Hall–Kier alpha value is -4.32. The van der Waals surface area contributed by atoms with Crippen molar-refractivity contribution in [2.24, 2.45) is 0 Å². The lowest BCUT2D eigenvalue weighted by Crippen LogP contribution is -2.42. The Morgan fingerprint density at radius 1 is 0.955 bits per heavy atom. The van der Waals surface area contributed by atoms with E-state index in [0.717, 1.165) is 36.9 Å². The molecule has 0 unspecified atom stereocenters. The van der Waals surface area contributed by atoms with Gasteiger partial charge in [-0.1, -0.05) is 24.3 Å². The lowest BCUT2D eigenvalue weighted by Gasteiger charge is -2.23. The van der Waals surface area contributed by atoms with Crippen LogP contribution in [-0.4, -0.2) is 38.6 Å². The zero-order valence-corrected chi connectivity index (χ0v) is 26.8. The summed E-state index contributed by atoms with van der Waals surface area (Å²) in [6.07, 6.45) is 3.89. The van der Waals surface area contributed by atoms with E-state index in [1.54, 1.807) is 51.4 Å². The molecule has 2 amide bonds. The van der Waals surface area contributed by atoms with Crippen LogP contribution in [0.1, 0.15) is 44.0 Å². The molecule has 0 spiro atoms. The number of rotatable bonds is 9. The number of carbonyl (C=O) groups excluding carboxylic acids is 2. The largest absolute Gasteiger partial charge is 0.444 e. The second-order valence-corrected chi connectivity index (χ2v) is 12.8. The van der Waals surface area contributed by atoms with Gasteiger partial charge in [-0.25, -0.2) is 14.2 Å². The van der Waals surface area contributed by atoms with Crippen molar-refractivity contribution in [3.8, 4) is 11.1 Å². The first-order valence-corrected chi connectivity index (χ1v) is 15.3. The number of alkyl carbamates (subject to hydrolysis) is 1. The summed E-state index contributed by atoms with van der Waals surface area (Å²) in [4.78, 5) is 38.1. The van der Waals surface area contributed by atoms with Crippen LogP contribution in [0.25, 0.3) is 22.2 Å². The summed E-state index contributed by atoms with van der Waals surface area (Å²) in [6, 6.07) is 21.4. The highest BCUT2D eigenvalue weighted by molar-refractivity contribution is 14.1. The van der Waals surface area contributed by atoms with Crippen molar-refractivity contribution in [2.75, 3.05) is 5.32 Å². The smallest absolute Gasteiger partial charge is 0.407 e. The molecule has 3 aromatic heterocycles. The zero-order valence-electron chi connectivity index (χ0n) is 24.7. The van der Waals surface area contributed by atoms with E-state index in [4.69, 9.17) is 9.72 Å². The number of pyridine rings is 2. The van der Waals surface area contributed by atoms with Gasteiger partial charge >= 0.3 is 6.09 Å². The molecule has 0 bridgehead atoms. The predicted octanol–water partition coefficient (Wildman–Crippen LogP) is 7.42. The number of hydrogen-bond donors (Lipinski definition) is 3. The van der Waals surface area contributed by atoms with Crippen molar-refractivity contribution in [3.63, 3.8) is 0 Å². The van der Waals surface area contributed by atoms with Crippen LogP contribution < -0.4 is 10.6 Å². The van der Waals surface area contributed by atoms with Gasteiger partial charge < -0.3 is 20.4 Å². The van der Waals surface area contributed by atoms with Crippen molar-refractivity contribution in [2.45, 2.75) is 51.7 Å². The first-order valence-electron chi connectivity index (χ1n) is 14.2. The number of aromatic amines is 1. The summed E-state index contributed by atoms with van der Waals surface area (Å²) in [6.45, 7) is 5.38. The molecule has 3 N–H and O–H groups in total. The second kappa shape index (κ2) is 13.5. The van der Waals surface area contributed by atoms with Crippen LogP contribution in [0.15, 0.2) is 85.2 Å². The molecular weight excluding hydrogens is 672 g/mol. The fourth-order valence-electron chi connectivity index (χ4n) is 4.95. The van der Waals surface area contributed by atoms with Crippen molar-refractivity contribution < 1.29 is 18.7 Å². The van der Waals surface area contributed by atoms with E-state index < -0.39 is 17.7 Å². The Bertz CT molecular complexity index is 1750. The van der Waals surface area contributed by atoms with Crippen molar-refractivity contribution in [1.82, 2.24) is 20.3 Å². The average Bonchev–Trinajstić information content (AvgIpc) is 3.31. The van der Waals surface area contributed by atoms with E-state index in [0.29, 0.717) is 24.3 Å². The Balaban J connectivity index is 1.37. The van der Waals surface area contributed by atoms with Crippen LogP contribution in [-0.2, 0) is 22.4 Å². The van der Waals surface area contributed by atoms with Gasteiger partial charge in [0.25, 0.3) is 0 Å². The van der Waals surface area contributed by atoms with Crippen LogP contribution in [0.4, 0.5) is 15.0 Å². The van der Waals surface area contributed by atoms with E-state index in [1.165, 1.54) is 12.1 Å². The summed E-state index contributed by atoms with van der Waals surface area (Å²) in [5.74, 6) is -0.205. The molecule has 10 heteroatoms. The van der Waals surface area contributed by atoms with Crippen LogP contribution in [0.2, 0.25) is 0 Å². The lowest BCUT2D eigenvalue weighted by molar-refractivity contribution is -0.116. The van der Waals surface area contributed by atoms with E-state index in [-0.39, 0.29) is 18.1 Å². The van der Waals surface area contributed by atoms with Crippen LogP contribution in [0.3, 0.4) is 0 Å². The van der Waals surface area contributed by atoms with E-state index >= 15 is 0 Å². The number of nitrogens with one attached hydrogen (secondary N) is 3. The number of benzene rings is 2. The predicted molar refractivity (Wildman–Crippen MR) is 178 cm³/mol. The fraction of sp³-hybridized carbons (Fsp3) is 0.235. The molecule has 5 rings (SSSR count). The normalized spacial score (nSPS) is 12.1. The van der Waals surface area contributed by atoms with Crippen LogP contribution in [0.5, 0.6) is 0 Å². The molecule has 5 aromatic rings. The number of H-pyrrole nitrogens is 1. The minimum atomic E-state index is -0.667. The number of anilines is 1. The van der Waals surface area contributed by atoms with Crippen molar-refractivity contribution in [1.29, 1.82) is 0 Å². The molecule has 0 aliphatic rings. The first-order chi connectivity index (χ1) is 21.0. The summed E-state index contributed by atoms with van der Waals surface area (Å²) in [5, 5.41) is 6.63. The number of hydrogen-bond acceptors (Lipinski definition) is 5. The Labute approximate surface area is 269 Å². The number of fused-ring (bicyclic) bond motifs is 1. The topological polar surface area (TPSA) is 109 Å². The number of carbonyl (C=O) groups is 2. The van der Waals surface area contributed by atoms with Crippen molar-refractivity contribution >= 4 is 51.4 Å². The molecule has 8 nitrogen and oxygen atoms in total. The highest BCUT2D eigenvalue weighted by Gasteiger charge is 2.23. The molecule has 0 radical (unpaired) electrons. The zero-order chi connectivity index (χ0) is 31.3. The molecule has 0 saturated heterocycles. The minimum Gasteiger partial charge on any atom is -0.444 e. The Kier molecular flexibility index (Phi) is 9.58.